The molecule has 0 saturated heterocycles. The molecule has 1 aromatic heterocycles. The summed E-state index contributed by atoms with van der Waals surface area (Å²) in [6.07, 6.45) is 0. The SMILES string of the molecule is CCOC(=O)/C(CSc1nc2cc(Cl)ccc2s1)=N\O. The summed E-state index contributed by atoms with van der Waals surface area (Å²) < 4.78 is 6.56. The number of oxime groups is 1. The van der Waals surface area contributed by atoms with Gasteiger partial charge in [0.25, 0.3) is 0 Å². The highest BCUT2D eigenvalue weighted by Gasteiger charge is 2.15. The Morgan fingerprint density at radius 2 is 2.40 bits per heavy atom. The lowest BCUT2D eigenvalue weighted by Gasteiger charge is -2.01. The molecular formula is C12H11ClN2O3S2. The number of fused-ring (bicyclic) bond motifs is 1. The lowest BCUT2D eigenvalue weighted by molar-refractivity contribution is -0.135. The number of ether oxygens (including phenoxy) is 1. The van der Waals surface area contributed by atoms with Gasteiger partial charge in [-0.25, -0.2) is 9.78 Å². The predicted octanol–water partition coefficient (Wildman–Crippen LogP) is 3.44. The number of hydrogen-bond acceptors (Lipinski definition) is 7. The van der Waals surface area contributed by atoms with Crippen LogP contribution in [0.2, 0.25) is 5.02 Å². The second kappa shape index (κ2) is 6.92. The van der Waals surface area contributed by atoms with Crippen LogP contribution >= 0.6 is 34.7 Å². The first kappa shape index (κ1) is 15.1. The molecule has 1 N–H and O–H groups in total. The maximum absolute atomic E-state index is 11.5. The normalized spacial score (nSPS) is 11.8. The number of carbonyl (C=O) groups is 1. The third-order valence-corrected chi connectivity index (χ3v) is 4.72. The molecule has 106 valence electrons. The van der Waals surface area contributed by atoms with Crippen molar-refractivity contribution in [3.05, 3.63) is 23.2 Å². The van der Waals surface area contributed by atoms with Gasteiger partial charge in [0, 0.05) is 5.02 Å². The third-order valence-electron chi connectivity index (χ3n) is 2.29. The molecule has 5 nitrogen and oxygen atoms in total. The maximum Gasteiger partial charge on any atom is 0.356 e. The van der Waals surface area contributed by atoms with Crippen molar-refractivity contribution >= 4 is 56.6 Å². The van der Waals surface area contributed by atoms with Gasteiger partial charge in [-0.1, -0.05) is 28.5 Å². The van der Waals surface area contributed by atoms with Crippen LogP contribution in [0.1, 0.15) is 6.92 Å². The Hall–Kier alpha value is -1.31. The third kappa shape index (κ3) is 3.62. The lowest BCUT2D eigenvalue weighted by atomic mass is 10.3. The molecule has 0 bridgehead atoms. The quantitative estimate of drug-likeness (QED) is 0.299. The summed E-state index contributed by atoms with van der Waals surface area (Å²) in [6.45, 7) is 1.93. The van der Waals surface area contributed by atoms with Crippen LogP contribution in [0.15, 0.2) is 27.7 Å². The van der Waals surface area contributed by atoms with E-state index < -0.39 is 5.97 Å². The largest absolute Gasteiger partial charge is 0.461 e. The van der Waals surface area contributed by atoms with E-state index in [4.69, 9.17) is 21.5 Å². The van der Waals surface area contributed by atoms with Crippen molar-refractivity contribution in [1.82, 2.24) is 4.98 Å². The van der Waals surface area contributed by atoms with Gasteiger partial charge in [-0.2, -0.15) is 0 Å². The average molecular weight is 331 g/mol. The van der Waals surface area contributed by atoms with E-state index in [0.29, 0.717) is 5.02 Å². The lowest BCUT2D eigenvalue weighted by Crippen LogP contribution is -2.19. The average Bonchev–Trinajstić information content (AvgIpc) is 2.81. The molecule has 20 heavy (non-hydrogen) atoms. The summed E-state index contributed by atoms with van der Waals surface area (Å²) in [5, 5.41) is 12.4. The van der Waals surface area contributed by atoms with Crippen molar-refractivity contribution in [1.29, 1.82) is 0 Å². The molecule has 0 fully saturated rings. The number of hydrogen-bond donors (Lipinski definition) is 1. The first-order chi connectivity index (χ1) is 9.63. The first-order valence-corrected chi connectivity index (χ1v) is 7.89. The fourth-order valence-electron chi connectivity index (χ4n) is 1.41. The first-order valence-electron chi connectivity index (χ1n) is 5.71. The Morgan fingerprint density at radius 3 is 3.10 bits per heavy atom. The summed E-state index contributed by atoms with van der Waals surface area (Å²) in [6, 6.07) is 5.48. The molecule has 8 heteroatoms. The molecule has 1 aromatic carbocycles. The number of esters is 1. The highest BCUT2D eigenvalue weighted by molar-refractivity contribution is 8.01. The van der Waals surface area contributed by atoms with Gasteiger partial charge in [0.2, 0.25) is 0 Å². The highest BCUT2D eigenvalue weighted by Crippen LogP contribution is 2.31. The number of aromatic nitrogens is 1. The molecule has 0 amide bonds. The van der Waals surface area contributed by atoms with Crippen LogP contribution in [0.25, 0.3) is 10.2 Å². The van der Waals surface area contributed by atoms with Gasteiger partial charge in [0.05, 0.1) is 22.6 Å². The van der Waals surface area contributed by atoms with Crippen LogP contribution in [0, 0.1) is 0 Å². The highest BCUT2D eigenvalue weighted by atomic mass is 35.5. The van der Waals surface area contributed by atoms with E-state index in [1.807, 2.05) is 6.07 Å². The summed E-state index contributed by atoms with van der Waals surface area (Å²) >= 11 is 8.70. The molecule has 1 heterocycles. The van der Waals surface area contributed by atoms with Crippen LogP contribution in [0.4, 0.5) is 0 Å². The Balaban J connectivity index is 2.06. The van der Waals surface area contributed by atoms with E-state index in [1.165, 1.54) is 23.1 Å². The van der Waals surface area contributed by atoms with Gasteiger partial charge < -0.3 is 9.94 Å². The summed E-state index contributed by atoms with van der Waals surface area (Å²) in [4.78, 5) is 15.8. The molecule has 0 radical (unpaired) electrons. The van der Waals surface area contributed by atoms with Gasteiger partial charge >= 0.3 is 5.97 Å². The number of halogens is 1. The number of carbonyl (C=O) groups excluding carboxylic acids is 1. The fourth-order valence-corrected chi connectivity index (χ4v) is 3.54. The van der Waals surface area contributed by atoms with Gasteiger partial charge in [-0.3, -0.25) is 0 Å². The van der Waals surface area contributed by atoms with Gasteiger partial charge in [-0.15, -0.1) is 11.3 Å². The van der Waals surface area contributed by atoms with Crippen molar-refractivity contribution in [2.45, 2.75) is 11.3 Å². The zero-order chi connectivity index (χ0) is 14.5. The molecule has 0 atom stereocenters. The monoisotopic (exact) mass is 330 g/mol. The summed E-state index contributed by atoms with van der Waals surface area (Å²) in [5.41, 5.74) is 0.776. The van der Waals surface area contributed by atoms with E-state index in [2.05, 4.69) is 10.1 Å². The topological polar surface area (TPSA) is 71.8 Å². The van der Waals surface area contributed by atoms with Crippen LogP contribution < -0.4 is 0 Å². The second-order valence-corrected chi connectivity index (χ2v) is 6.34. The molecule has 0 spiro atoms. The molecule has 0 unspecified atom stereocenters. The number of nitrogens with zero attached hydrogens (tertiary/aromatic N) is 2. The number of thioether (sulfide) groups is 1. The van der Waals surface area contributed by atoms with E-state index in [-0.39, 0.29) is 18.1 Å². The minimum Gasteiger partial charge on any atom is -0.461 e. The Morgan fingerprint density at radius 1 is 1.60 bits per heavy atom. The van der Waals surface area contributed by atoms with Crippen LogP contribution in [0.5, 0.6) is 0 Å². The Bertz CT molecular complexity index is 657. The number of rotatable bonds is 5. The van der Waals surface area contributed by atoms with Gasteiger partial charge in [0.1, 0.15) is 0 Å². The fraction of sp³-hybridized carbons (Fsp3) is 0.250. The van der Waals surface area contributed by atoms with Crippen molar-refractivity contribution < 1.29 is 14.7 Å². The predicted molar refractivity (Wildman–Crippen MR) is 81.2 cm³/mol. The smallest absolute Gasteiger partial charge is 0.356 e. The molecule has 0 aliphatic rings. The van der Waals surface area contributed by atoms with Crippen LogP contribution in [-0.2, 0) is 9.53 Å². The molecule has 2 aromatic rings. The Kier molecular flexibility index (Phi) is 5.22. The van der Waals surface area contributed by atoms with E-state index in [9.17, 15) is 4.79 Å². The minimum atomic E-state index is -0.619. The summed E-state index contributed by atoms with van der Waals surface area (Å²) in [5.74, 6) is -0.422. The van der Waals surface area contributed by atoms with Gasteiger partial charge in [-0.05, 0) is 25.1 Å². The van der Waals surface area contributed by atoms with E-state index >= 15 is 0 Å². The Labute approximate surface area is 128 Å². The molecular weight excluding hydrogens is 320 g/mol. The molecule has 0 saturated carbocycles. The van der Waals surface area contributed by atoms with Crippen molar-refractivity contribution in [2.75, 3.05) is 12.4 Å². The van der Waals surface area contributed by atoms with Crippen LogP contribution in [0.3, 0.4) is 0 Å². The number of benzene rings is 1. The second-order valence-electron chi connectivity index (χ2n) is 3.65. The van der Waals surface area contributed by atoms with Gasteiger partial charge in [0.15, 0.2) is 10.1 Å². The summed E-state index contributed by atoms with van der Waals surface area (Å²) in [7, 11) is 0. The standard InChI is InChI=1S/C12H11ClN2O3S2/c1-2-18-11(16)9(15-17)6-19-12-14-8-5-7(13)3-4-10(8)20-12/h3-5,17H,2,6H2,1H3/b15-9-. The van der Waals surface area contributed by atoms with Crippen LogP contribution in [-0.4, -0.2) is 34.2 Å². The molecule has 2 rings (SSSR count). The van der Waals surface area contributed by atoms with E-state index in [1.54, 1.807) is 19.1 Å². The van der Waals surface area contributed by atoms with Crippen molar-refractivity contribution in [3.8, 4) is 0 Å². The maximum atomic E-state index is 11.5. The molecule has 0 aliphatic heterocycles. The van der Waals surface area contributed by atoms with E-state index in [0.717, 1.165) is 14.6 Å². The zero-order valence-corrected chi connectivity index (χ0v) is 12.9. The minimum absolute atomic E-state index is 0.0332. The number of thiazole rings is 1. The zero-order valence-electron chi connectivity index (χ0n) is 10.5. The molecule has 0 aliphatic carbocycles. The van der Waals surface area contributed by atoms with Crippen molar-refractivity contribution in [3.63, 3.8) is 0 Å². The van der Waals surface area contributed by atoms with Crippen molar-refractivity contribution in [2.24, 2.45) is 5.16 Å².